The van der Waals surface area contributed by atoms with E-state index in [9.17, 15) is 4.79 Å². The molecule has 6 heteroatoms. The maximum absolute atomic E-state index is 12.3. The summed E-state index contributed by atoms with van der Waals surface area (Å²) in [5.41, 5.74) is 1.28. The molecule has 0 spiro atoms. The lowest BCUT2D eigenvalue weighted by Gasteiger charge is -2.27. The molecule has 2 rings (SSSR count). The highest BCUT2D eigenvalue weighted by molar-refractivity contribution is 5.80. The Morgan fingerprint density at radius 3 is 2.61 bits per heavy atom. The summed E-state index contributed by atoms with van der Waals surface area (Å²) in [6.07, 6.45) is 1.54. The number of amides is 1. The van der Waals surface area contributed by atoms with Gasteiger partial charge in [-0.25, -0.2) is 0 Å². The number of benzene rings is 1. The molecule has 0 saturated carbocycles. The molecule has 1 aromatic carbocycles. The molecule has 1 aliphatic heterocycles. The zero-order chi connectivity index (χ0) is 20.4. The number of nitrogens with one attached hydrogen (secondary N) is 2. The minimum atomic E-state index is 0.265. The van der Waals surface area contributed by atoms with Crippen molar-refractivity contribution >= 4 is 11.9 Å². The number of rotatable bonds is 10. The van der Waals surface area contributed by atoms with E-state index >= 15 is 0 Å². The van der Waals surface area contributed by atoms with Gasteiger partial charge in [-0.1, -0.05) is 44.2 Å². The first-order chi connectivity index (χ1) is 13.6. The molecule has 2 unspecified atom stereocenters. The summed E-state index contributed by atoms with van der Waals surface area (Å²) >= 11 is 0. The Bertz CT molecular complexity index is 615. The number of carbonyl (C=O) groups is 1. The predicted molar refractivity (Wildman–Crippen MR) is 117 cm³/mol. The van der Waals surface area contributed by atoms with Crippen LogP contribution >= 0.6 is 0 Å². The van der Waals surface area contributed by atoms with Gasteiger partial charge >= 0.3 is 0 Å². The summed E-state index contributed by atoms with van der Waals surface area (Å²) in [5, 5.41) is 6.81. The molecule has 0 aliphatic carbocycles. The second-order valence-electron chi connectivity index (χ2n) is 7.55. The van der Waals surface area contributed by atoms with Crippen molar-refractivity contribution in [2.75, 3.05) is 46.3 Å². The number of hydrogen-bond acceptors (Lipinski definition) is 3. The van der Waals surface area contributed by atoms with Gasteiger partial charge < -0.3 is 15.5 Å². The Labute approximate surface area is 170 Å². The molecule has 0 bridgehead atoms. The van der Waals surface area contributed by atoms with Gasteiger partial charge in [0.25, 0.3) is 0 Å². The molecule has 1 amide bonds. The van der Waals surface area contributed by atoms with Crippen LogP contribution in [0.1, 0.15) is 32.8 Å². The normalized spacial score (nSPS) is 18.6. The van der Waals surface area contributed by atoms with E-state index in [1.54, 1.807) is 7.05 Å². The molecule has 0 aromatic heterocycles. The molecular formula is C22H37N5O. The second kappa shape index (κ2) is 11.7. The molecular weight excluding hydrogens is 350 g/mol. The van der Waals surface area contributed by atoms with E-state index in [4.69, 9.17) is 0 Å². The van der Waals surface area contributed by atoms with Crippen LogP contribution in [0, 0.1) is 5.92 Å². The first-order valence-corrected chi connectivity index (χ1v) is 10.6. The number of likely N-dealkylation sites (N-methyl/N-ethyl adjacent to an activating group) is 1. The van der Waals surface area contributed by atoms with Crippen molar-refractivity contribution < 1.29 is 4.79 Å². The van der Waals surface area contributed by atoms with Gasteiger partial charge in [-0.3, -0.25) is 14.7 Å². The lowest BCUT2D eigenvalue weighted by atomic mass is 10.1. The number of guanidine groups is 1. The van der Waals surface area contributed by atoms with Gasteiger partial charge in [-0.2, -0.15) is 0 Å². The number of likely N-dealkylation sites (tertiary alicyclic amines) is 1. The monoisotopic (exact) mass is 387 g/mol. The largest absolute Gasteiger partial charge is 0.356 e. The average molecular weight is 388 g/mol. The molecule has 156 valence electrons. The molecule has 1 aromatic rings. The van der Waals surface area contributed by atoms with Gasteiger partial charge in [-0.15, -0.1) is 0 Å². The fourth-order valence-electron chi connectivity index (χ4n) is 3.80. The van der Waals surface area contributed by atoms with Gasteiger partial charge in [0.1, 0.15) is 0 Å². The van der Waals surface area contributed by atoms with Crippen LogP contribution in [0.5, 0.6) is 0 Å². The maximum Gasteiger partial charge on any atom is 0.223 e. The van der Waals surface area contributed by atoms with Gasteiger partial charge in [-0.05, 0) is 32.0 Å². The number of carbonyl (C=O) groups excluding carboxylic acids is 1. The quantitative estimate of drug-likeness (QED) is 0.476. The molecule has 2 atom stereocenters. The van der Waals surface area contributed by atoms with Crippen LogP contribution in [-0.2, 0) is 11.2 Å². The fourth-order valence-corrected chi connectivity index (χ4v) is 3.80. The van der Waals surface area contributed by atoms with E-state index in [2.05, 4.69) is 53.4 Å². The van der Waals surface area contributed by atoms with Crippen molar-refractivity contribution in [2.45, 2.75) is 39.7 Å². The highest BCUT2D eigenvalue weighted by atomic mass is 16.2. The van der Waals surface area contributed by atoms with Crippen LogP contribution in [0.25, 0.3) is 0 Å². The smallest absolute Gasteiger partial charge is 0.223 e. The molecule has 1 heterocycles. The Morgan fingerprint density at radius 2 is 1.96 bits per heavy atom. The van der Waals surface area contributed by atoms with Crippen molar-refractivity contribution in [1.29, 1.82) is 0 Å². The van der Waals surface area contributed by atoms with Crippen LogP contribution in [0.2, 0.25) is 0 Å². The van der Waals surface area contributed by atoms with Gasteiger partial charge in [0.05, 0.1) is 0 Å². The van der Waals surface area contributed by atoms with Crippen LogP contribution in [0.15, 0.2) is 35.3 Å². The predicted octanol–water partition coefficient (Wildman–Crippen LogP) is 1.97. The topological polar surface area (TPSA) is 60.0 Å². The minimum Gasteiger partial charge on any atom is -0.356 e. The molecule has 1 saturated heterocycles. The zero-order valence-corrected chi connectivity index (χ0v) is 17.9. The van der Waals surface area contributed by atoms with E-state index < -0.39 is 0 Å². The van der Waals surface area contributed by atoms with Gasteiger partial charge in [0.15, 0.2) is 5.96 Å². The van der Waals surface area contributed by atoms with Gasteiger partial charge in [0.2, 0.25) is 5.91 Å². The van der Waals surface area contributed by atoms with E-state index in [-0.39, 0.29) is 5.91 Å². The summed E-state index contributed by atoms with van der Waals surface area (Å²) in [5.74, 6) is 1.41. The maximum atomic E-state index is 12.3. The highest BCUT2D eigenvalue weighted by Gasteiger charge is 2.29. The Balaban J connectivity index is 1.72. The van der Waals surface area contributed by atoms with E-state index in [0.717, 1.165) is 51.6 Å². The molecule has 2 N–H and O–H groups in total. The highest BCUT2D eigenvalue weighted by Crippen LogP contribution is 2.17. The fraction of sp³-hybridized carbons (Fsp3) is 0.636. The molecule has 6 nitrogen and oxygen atoms in total. The summed E-state index contributed by atoms with van der Waals surface area (Å²) in [7, 11) is 1.80. The van der Waals surface area contributed by atoms with E-state index in [0.29, 0.717) is 18.4 Å². The first-order valence-electron chi connectivity index (χ1n) is 10.6. The summed E-state index contributed by atoms with van der Waals surface area (Å²) in [6.45, 7) is 12.0. The summed E-state index contributed by atoms with van der Waals surface area (Å²) in [6, 6.07) is 10.8. The van der Waals surface area contributed by atoms with Gasteiger partial charge in [0, 0.05) is 51.6 Å². The number of aliphatic imine (C=N–C) groups is 1. The lowest BCUT2D eigenvalue weighted by molar-refractivity contribution is -0.127. The van der Waals surface area contributed by atoms with Crippen LogP contribution in [-0.4, -0.2) is 74.0 Å². The van der Waals surface area contributed by atoms with Crippen molar-refractivity contribution in [1.82, 2.24) is 20.4 Å². The molecule has 0 radical (unpaired) electrons. The summed E-state index contributed by atoms with van der Waals surface area (Å²) < 4.78 is 0. The Kier molecular flexibility index (Phi) is 9.28. The second-order valence-corrected chi connectivity index (χ2v) is 7.55. The Morgan fingerprint density at radius 1 is 1.25 bits per heavy atom. The van der Waals surface area contributed by atoms with Crippen molar-refractivity contribution in [2.24, 2.45) is 10.9 Å². The molecule has 28 heavy (non-hydrogen) atoms. The van der Waals surface area contributed by atoms with Crippen LogP contribution < -0.4 is 10.6 Å². The standard InChI is InChI=1S/C22H37N5O/c1-5-26(6-2)18(3)15-24-22(23-4)25-16-20-14-21(28)27(17-20)13-12-19-10-8-7-9-11-19/h7-11,18,20H,5-6,12-17H2,1-4H3,(H2,23,24,25). The van der Waals surface area contributed by atoms with Crippen molar-refractivity contribution in [3.05, 3.63) is 35.9 Å². The lowest BCUT2D eigenvalue weighted by Crippen LogP contribution is -2.46. The SMILES string of the molecule is CCN(CC)C(C)CNC(=NC)NCC1CC(=O)N(CCc2ccccc2)C1. The minimum absolute atomic E-state index is 0.265. The average Bonchev–Trinajstić information content (AvgIpc) is 3.07. The van der Waals surface area contributed by atoms with E-state index in [1.807, 2.05) is 23.1 Å². The summed E-state index contributed by atoms with van der Waals surface area (Å²) in [4.78, 5) is 21.1. The zero-order valence-electron chi connectivity index (χ0n) is 17.9. The Hall–Kier alpha value is -2.08. The number of hydrogen-bond donors (Lipinski definition) is 2. The molecule has 1 aliphatic rings. The molecule has 1 fully saturated rings. The van der Waals surface area contributed by atoms with Crippen LogP contribution in [0.4, 0.5) is 0 Å². The number of nitrogens with zero attached hydrogens (tertiary/aromatic N) is 3. The van der Waals surface area contributed by atoms with Crippen molar-refractivity contribution in [3.8, 4) is 0 Å². The van der Waals surface area contributed by atoms with Crippen LogP contribution in [0.3, 0.4) is 0 Å². The first kappa shape index (κ1) is 22.2. The third-order valence-electron chi connectivity index (χ3n) is 5.59. The third-order valence-corrected chi connectivity index (χ3v) is 5.59. The van der Waals surface area contributed by atoms with Crippen molar-refractivity contribution in [3.63, 3.8) is 0 Å². The van der Waals surface area contributed by atoms with E-state index in [1.165, 1.54) is 5.56 Å². The third kappa shape index (κ3) is 6.82.